The Morgan fingerprint density at radius 2 is 1.95 bits per heavy atom. The SMILES string of the molecule is O=C(NC1CCC(O)CC1)c1cccn1C1CCC1. The van der Waals surface area contributed by atoms with Gasteiger partial charge in [0.15, 0.2) is 0 Å². The van der Waals surface area contributed by atoms with Crippen molar-refractivity contribution in [2.24, 2.45) is 0 Å². The first-order valence-corrected chi connectivity index (χ1v) is 7.40. The van der Waals surface area contributed by atoms with Crippen molar-refractivity contribution in [1.82, 2.24) is 9.88 Å². The van der Waals surface area contributed by atoms with Crippen molar-refractivity contribution in [3.05, 3.63) is 24.0 Å². The van der Waals surface area contributed by atoms with E-state index in [9.17, 15) is 9.90 Å². The van der Waals surface area contributed by atoms with Crippen molar-refractivity contribution < 1.29 is 9.90 Å². The molecule has 0 radical (unpaired) electrons. The predicted octanol–water partition coefficient (Wildman–Crippen LogP) is 2.25. The van der Waals surface area contributed by atoms with Crippen LogP contribution in [0.4, 0.5) is 0 Å². The van der Waals surface area contributed by atoms with E-state index in [4.69, 9.17) is 0 Å². The summed E-state index contributed by atoms with van der Waals surface area (Å²) < 4.78 is 2.12. The molecule has 1 aromatic rings. The normalized spacial score (nSPS) is 27.8. The highest BCUT2D eigenvalue weighted by Crippen LogP contribution is 2.32. The second-order valence-corrected chi connectivity index (χ2v) is 5.86. The molecular formula is C15H22N2O2. The van der Waals surface area contributed by atoms with Gasteiger partial charge < -0.3 is 15.0 Å². The van der Waals surface area contributed by atoms with Crippen molar-refractivity contribution in [3.63, 3.8) is 0 Å². The van der Waals surface area contributed by atoms with Gasteiger partial charge >= 0.3 is 0 Å². The quantitative estimate of drug-likeness (QED) is 0.877. The number of amides is 1. The molecule has 0 bridgehead atoms. The number of nitrogens with one attached hydrogen (secondary N) is 1. The monoisotopic (exact) mass is 262 g/mol. The highest BCUT2D eigenvalue weighted by atomic mass is 16.3. The smallest absolute Gasteiger partial charge is 0.268 e. The third kappa shape index (κ3) is 2.68. The summed E-state index contributed by atoms with van der Waals surface area (Å²) >= 11 is 0. The van der Waals surface area contributed by atoms with Gasteiger partial charge in [-0.15, -0.1) is 0 Å². The van der Waals surface area contributed by atoms with Crippen molar-refractivity contribution in [1.29, 1.82) is 0 Å². The molecule has 0 saturated heterocycles. The number of carbonyl (C=O) groups is 1. The first kappa shape index (κ1) is 12.7. The molecule has 0 spiro atoms. The molecule has 2 N–H and O–H groups in total. The molecule has 4 nitrogen and oxygen atoms in total. The first-order valence-electron chi connectivity index (χ1n) is 7.40. The molecule has 104 valence electrons. The first-order chi connectivity index (χ1) is 9.24. The van der Waals surface area contributed by atoms with E-state index in [1.54, 1.807) is 0 Å². The Balaban J connectivity index is 1.62. The highest BCUT2D eigenvalue weighted by Gasteiger charge is 2.25. The average molecular weight is 262 g/mol. The zero-order valence-electron chi connectivity index (χ0n) is 11.2. The molecule has 2 aliphatic carbocycles. The van der Waals surface area contributed by atoms with Crippen molar-refractivity contribution in [3.8, 4) is 0 Å². The van der Waals surface area contributed by atoms with E-state index >= 15 is 0 Å². The molecule has 3 rings (SSSR count). The average Bonchev–Trinajstić information content (AvgIpc) is 2.79. The van der Waals surface area contributed by atoms with Gasteiger partial charge in [-0.2, -0.15) is 0 Å². The second kappa shape index (κ2) is 5.37. The largest absolute Gasteiger partial charge is 0.393 e. The fraction of sp³-hybridized carbons (Fsp3) is 0.667. The number of aliphatic hydroxyl groups is 1. The van der Waals surface area contributed by atoms with Gasteiger partial charge in [0.1, 0.15) is 5.69 Å². The van der Waals surface area contributed by atoms with Gasteiger partial charge in [-0.25, -0.2) is 0 Å². The predicted molar refractivity (Wildman–Crippen MR) is 73.0 cm³/mol. The summed E-state index contributed by atoms with van der Waals surface area (Å²) in [5.74, 6) is 0.0401. The van der Waals surface area contributed by atoms with Gasteiger partial charge in [0, 0.05) is 18.3 Å². The van der Waals surface area contributed by atoms with Crippen molar-refractivity contribution in [2.75, 3.05) is 0 Å². The van der Waals surface area contributed by atoms with Gasteiger partial charge in [0.25, 0.3) is 5.91 Å². The number of aromatic nitrogens is 1. The van der Waals surface area contributed by atoms with Gasteiger partial charge in [0.2, 0.25) is 0 Å². The molecule has 1 amide bonds. The molecule has 2 fully saturated rings. The Bertz CT molecular complexity index is 443. The molecule has 2 saturated carbocycles. The Hall–Kier alpha value is -1.29. The Labute approximate surface area is 113 Å². The van der Waals surface area contributed by atoms with Crippen LogP contribution in [0.15, 0.2) is 18.3 Å². The summed E-state index contributed by atoms with van der Waals surface area (Å²) in [5, 5.41) is 12.6. The molecule has 0 aliphatic heterocycles. The van der Waals surface area contributed by atoms with E-state index in [0.717, 1.165) is 31.4 Å². The minimum absolute atomic E-state index is 0.0401. The zero-order valence-corrected chi connectivity index (χ0v) is 11.2. The lowest BCUT2D eigenvalue weighted by atomic mass is 9.92. The molecule has 2 aliphatic rings. The van der Waals surface area contributed by atoms with Crippen LogP contribution in [0.25, 0.3) is 0 Å². The number of carbonyl (C=O) groups excluding carboxylic acids is 1. The fourth-order valence-electron chi connectivity index (χ4n) is 3.05. The third-order valence-corrected chi connectivity index (χ3v) is 4.51. The van der Waals surface area contributed by atoms with Crippen LogP contribution in [-0.2, 0) is 0 Å². The molecule has 4 heteroatoms. The molecular weight excluding hydrogens is 240 g/mol. The summed E-state index contributed by atoms with van der Waals surface area (Å²) in [4.78, 5) is 12.3. The summed E-state index contributed by atoms with van der Waals surface area (Å²) in [7, 11) is 0. The topological polar surface area (TPSA) is 54.3 Å². The number of rotatable bonds is 3. The molecule has 0 atom stereocenters. The van der Waals surface area contributed by atoms with E-state index in [0.29, 0.717) is 6.04 Å². The van der Waals surface area contributed by atoms with Crippen molar-refractivity contribution >= 4 is 5.91 Å². The number of nitrogens with zero attached hydrogens (tertiary/aromatic N) is 1. The van der Waals surface area contributed by atoms with E-state index in [1.807, 2.05) is 18.3 Å². The van der Waals surface area contributed by atoms with E-state index in [1.165, 1.54) is 19.3 Å². The lowest BCUT2D eigenvalue weighted by Crippen LogP contribution is -2.39. The zero-order chi connectivity index (χ0) is 13.2. The van der Waals surface area contributed by atoms with Crippen LogP contribution >= 0.6 is 0 Å². The van der Waals surface area contributed by atoms with Gasteiger partial charge in [-0.3, -0.25) is 4.79 Å². The summed E-state index contributed by atoms with van der Waals surface area (Å²) in [6.45, 7) is 0. The third-order valence-electron chi connectivity index (χ3n) is 4.51. The van der Waals surface area contributed by atoms with Crippen LogP contribution in [0.1, 0.15) is 61.5 Å². The van der Waals surface area contributed by atoms with Gasteiger partial charge in [0.05, 0.1) is 6.10 Å². The molecule has 1 aromatic heterocycles. The number of hydrogen-bond donors (Lipinski definition) is 2. The van der Waals surface area contributed by atoms with E-state index in [-0.39, 0.29) is 18.1 Å². The number of hydrogen-bond acceptors (Lipinski definition) is 2. The van der Waals surface area contributed by atoms with E-state index < -0.39 is 0 Å². The van der Waals surface area contributed by atoms with Gasteiger partial charge in [-0.1, -0.05) is 0 Å². The minimum Gasteiger partial charge on any atom is -0.393 e. The van der Waals surface area contributed by atoms with Crippen LogP contribution in [-0.4, -0.2) is 27.7 Å². The highest BCUT2D eigenvalue weighted by molar-refractivity contribution is 5.93. The minimum atomic E-state index is -0.174. The van der Waals surface area contributed by atoms with Crippen LogP contribution in [0.3, 0.4) is 0 Å². The van der Waals surface area contributed by atoms with Crippen LogP contribution in [0.2, 0.25) is 0 Å². The van der Waals surface area contributed by atoms with Crippen LogP contribution < -0.4 is 5.32 Å². The van der Waals surface area contributed by atoms with Crippen LogP contribution in [0, 0.1) is 0 Å². The summed E-state index contributed by atoms with van der Waals surface area (Å²) in [6.07, 6.45) is 8.85. The van der Waals surface area contributed by atoms with E-state index in [2.05, 4.69) is 9.88 Å². The molecule has 0 aromatic carbocycles. The van der Waals surface area contributed by atoms with Crippen LogP contribution in [0.5, 0.6) is 0 Å². The maximum absolute atomic E-state index is 12.3. The molecule has 19 heavy (non-hydrogen) atoms. The summed E-state index contributed by atoms with van der Waals surface area (Å²) in [6, 6.07) is 4.60. The molecule has 0 unspecified atom stereocenters. The number of aliphatic hydroxyl groups excluding tert-OH is 1. The standard InChI is InChI=1S/C15H22N2O2/c18-13-8-6-11(7-9-13)16-15(19)14-5-2-10-17(14)12-3-1-4-12/h2,5,10-13,18H,1,3-4,6-9H2,(H,16,19). The molecule has 1 heterocycles. The van der Waals surface area contributed by atoms with Gasteiger partial charge in [-0.05, 0) is 57.1 Å². The lowest BCUT2D eigenvalue weighted by Gasteiger charge is -2.30. The Kier molecular flexibility index (Phi) is 3.60. The second-order valence-electron chi connectivity index (χ2n) is 5.86. The maximum Gasteiger partial charge on any atom is 0.268 e. The lowest BCUT2D eigenvalue weighted by molar-refractivity contribution is 0.0854. The maximum atomic E-state index is 12.3. The Morgan fingerprint density at radius 3 is 2.58 bits per heavy atom. The van der Waals surface area contributed by atoms with Crippen molar-refractivity contribution in [2.45, 2.75) is 63.1 Å². The Morgan fingerprint density at radius 1 is 1.21 bits per heavy atom. The fourth-order valence-corrected chi connectivity index (χ4v) is 3.05. The summed E-state index contributed by atoms with van der Waals surface area (Å²) in [5.41, 5.74) is 0.788.